The van der Waals surface area contributed by atoms with E-state index in [9.17, 15) is 4.79 Å². The molecule has 2 N–H and O–H groups in total. The quantitative estimate of drug-likeness (QED) is 0.817. The molecule has 2 amide bonds. The molecule has 4 heteroatoms. The molecule has 0 aromatic heterocycles. The van der Waals surface area contributed by atoms with Crippen LogP contribution in [-0.4, -0.2) is 35.7 Å². The number of amides is 2. The molecule has 1 aromatic carbocycles. The number of aliphatic hydroxyl groups excluding tert-OH is 1. The van der Waals surface area contributed by atoms with Crippen molar-refractivity contribution in [2.24, 2.45) is 5.92 Å². The molecule has 1 fully saturated rings. The van der Waals surface area contributed by atoms with Gasteiger partial charge in [-0.3, -0.25) is 0 Å². The summed E-state index contributed by atoms with van der Waals surface area (Å²) >= 11 is 0. The average molecular weight is 286 g/mol. The second-order valence-electron chi connectivity index (χ2n) is 5.45. The minimum absolute atomic E-state index is 0.00757. The molecule has 0 spiro atoms. The Labute approximate surface area is 126 Å². The van der Waals surface area contributed by atoms with E-state index < -0.39 is 0 Å². The van der Waals surface area contributed by atoms with E-state index in [4.69, 9.17) is 5.11 Å². The van der Waals surface area contributed by atoms with Crippen LogP contribution in [0.25, 0.3) is 0 Å². The van der Waals surface area contributed by atoms with Gasteiger partial charge in [0.2, 0.25) is 0 Å². The Morgan fingerprint density at radius 1 is 1.38 bits per heavy atom. The maximum atomic E-state index is 12.1. The van der Waals surface area contributed by atoms with Crippen molar-refractivity contribution in [1.29, 1.82) is 0 Å². The second kappa shape index (κ2) is 7.70. The van der Waals surface area contributed by atoms with Crippen molar-refractivity contribution in [3.8, 4) is 11.8 Å². The number of carbonyl (C=O) groups is 1. The van der Waals surface area contributed by atoms with Crippen molar-refractivity contribution < 1.29 is 9.90 Å². The van der Waals surface area contributed by atoms with Gasteiger partial charge in [-0.1, -0.05) is 37.0 Å². The highest BCUT2D eigenvalue weighted by atomic mass is 16.2. The topological polar surface area (TPSA) is 52.6 Å². The third-order valence-electron chi connectivity index (χ3n) is 3.82. The predicted molar refractivity (Wildman–Crippen MR) is 82.6 cm³/mol. The molecular formula is C17H22N2O2. The van der Waals surface area contributed by atoms with E-state index in [0.29, 0.717) is 12.5 Å². The summed E-state index contributed by atoms with van der Waals surface area (Å²) < 4.78 is 0. The maximum absolute atomic E-state index is 12.1. The SMILES string of the molecule is CC1CCN(C(=O)NCc2ccccc2C#CCO)CC1. The number of hydrogen-bond donors (Lipinski definition) is 2. The second-order valence-corrected chi connectivity index (χ2v) is 5.45. The van der Waals surface area contributed by atoms with Crippen LogP contribution >= 0.6 is 0 Å². The highest BCUT2D eigenvalue weighted by Crippen LogP contribution is 2.16. The summed E-state index contributed by atoms with van der Waals surface area (Å²) in [6.45, 7) is 4.19. The standard InChI is InChI=1S/C17H22N2O2/c1-14-8-10-19(11-9-14)17(21)18-13-16-6-3-2-5-15(16)7-4-12-20/h2-3,5-6,14,20H,8-13H2,1H3,(H,18,21). The van der Waals surface area contributed by atoms with E-state index in [2.05, 4.69) is 24.1 Å². The molecule has 112 valence electrons. The fourth-order valence-electron chi connectivity index (χ4n) is 2.43. The third kappa shape index (κ3) is 4.51. The molecule has 0 bridgehead atoms. The van der Waals surface area contributed by atoms with E-state index in [-0.39, 0.29) is 12.6 Å². The van der Waals surface area contributed by atoms with Gasteiger partial charge in [-0.15, -0.1) is 0 Å². The van der Waals surface area contributed by atoms with Crippen LogP contribution in [0, 0.1) is 17.8 Å². The predicted octanol–water partition coefficient (Wildman–Crippen LogP) is 1.97. The summed E-state index contributed by atoms with van der Waals surface area (Å²) in [5, 5.41) is 11.7. The van der Waals surface area contributed by atoms with Gasteiger partial charge < -0.3 is 15.3 Å². The number of nitrogens with zero attached hydrogens (tertiary/aromatic N) is 1. The molecule has 1 aliphatic rings. The van der Waals surface area contributed by atoms with E-state index in [1.54, 1.807) is 0 Å². The number of benzene rings is 1. The zero-order valence-corrected chi connectivity index (χ0v) is 12.4. The van der Waals surface area contributed by atoms with Crippen LogP contribution in [0.4, 0.5) is 4.79 Å². The lowest BCUT2D eigenvalue weighted by molar-refractivity contribution is 0.173. The number of nitrogens with one attached hydrogen (secondary N) is 1. The lowest BCUT2D eigenvalue weighted by Gasteiger charge is -2.30. The normalized spacial score (nSPS) is 15.2. The third-order valence-corrected chi connectivity index (χ3v) is 3.82. The van der Waals surface area contributed by atoms with Gasteiger partial charge in [0.05, 0.1) is 0 Å². The maximum Gasteiger partial charge on any atom is 0.317 e. The molecule has 1 aromatic rings. The molecule has 1 heterocycles. The first kappa shape index (κ1) is 15.4. The zero-order chi connectivity index (χ0) is 15.1. The molecule has 1 aliphatic heterocycles. The number of rotatable bonds is 2. The molecule has 0 atom stereocenters. The Bertz CT molecular complexity index is 537. The van der Waals surface area contributed by atoms with E-state index in [1.807, 2.05) is 29.2 Å². The summed E-state index contributed by atoms with van der Waals surface area (Å²) in [7, 11) is 0. The van der Waals surface area contributed by atoms with E-state index in [1.165, 1.54) is 0 Å². The Kier molecular flexibility index (Phi) is 5.65. The van der Waals surface area contributed by atoms with Gasteiger partial charge >= 0.3 is 6.03 Å². The smallest absolute Gasteiger partial charge is 0.317 e. The monoisotopic (exact) mass is 286 g/mol. The zero-order valence-electron chi connectivity index (χ0n) is 12.4. The van der Waals surface area contributed by atoms with Crippen molar-refractivity contribution in [2.45, 2.75) is 26.3 Å². The number of urea groups is 1. The molecule has 0 aliphatic carbocycles. The molecule has 4 nitrogen and oxygen atoms in total. The van der Waals surface area contributed by atoms with Gasteiger partial charge in [-0.2, -0.15) is 0 Å². The summed E-state index contributed by atoms with van der Waals surface area (Å²) in [5.41, 5.74) is 1.82. The molecule has 2 rings (SSSR count). The Balaban J connectivity index is 1.92. The average Bonchev–Trinajstić information content (AvgIpc) is 2.52. The Morgan fingerprint density at radius 3 is 2.81 bits per heavy atom. The minimum Gasteiger partial charge on any atom is -0.384 e. The Hall–Kier alpha value is -1.99. The number of carbonyl (C=O) groups excluding carboxylic acids is 1. The summed E-state index contributed by atoms with van der Waals surface area (Å²) in [6.07, 6.45) is 2.15. The van der Waals surface area contributed by atoms with Crippen molar-refractivity contribution in [1.82, 2.24) is 10.2 Å². The number of likely N-dealkylation sites (tertiary alicyclic amines) is 1. The molecule has 21 heavy (non-hydrogen) atoms. The van der Waals surface area contributed by atoms with Crippen LogP contribution in [-0.2, 0) is 6.54 Å². The van der Waals surface area contributed by atoms with Crippen LogP contribution in [0.1, 0.15) is 30.9 Å². The van der Waals surface area contributed by atoms with Gasteiger partial charge in [0.15, 0.2) is 0 Å². The van der Waals surface area contributed by atoms with Gasteiger partial charge in [-0.05, 0) is 30.4 Å². The van der Waals surface area contributed by atoms with Crippen molar-refractivity contribution in [3.05, 3.63) is 35.4 Å². The molecule has 1 saturated heterocycles. The van der Waals surface area contributed by atoms with E-state index >= 15 is 0 Å². The van der Waals surface area contributed by atoms with Crippen LogP contribution in [0.15, 0.2) is 24.3 Å². The summed E-state index contributed by atoms with van der Waals surface area (Å²) in [5.74, 6) is 6.26. The van der Waals surface area contributed by atoms with Gasteiger partial charge in [0.25, 0.3) is 0 Å². The fourth-order valence-corrected chi connectivity index (χ4v) is 2.43. The first-order valence-electron chi connectivity index (χ1n) is 7.41. The molecule has 0 unspecified atom stereocenters. The lowest BCUT2D eigenvalue weighted by atomic mass is 10.00. The van der Waals surface area contributed by atoms with Crippen LogP contribution in [0.3, 0.4) is 0 Å². The summed E-state index contributed by atoms with van der Waals surface area (Å²) in [4.78, 5) is 14.0. The minimum atomic E-state index is -0.160. The molecular weight excluding hydrogens is 264 g/mol. The fraction of sp³-hybridized carbons (Fsp3) is 0.471. The number of piperidine rings is 1. The van der Waals surface area contributed by atoms with Crippen molar-refractivity contribution in [2.75, 3.05) is 19.7 Å². The molecule has 0 saturated carbocycles. The Morgan fingerprint density at radius 2 is 2.10 bits per heavy atom. The van der Waals surface area contributed by atoms with Gasteiger partial charge in [0, 0.05) is 25.2 Å². The van der Waals surface area contributed by atoms with Crippen LogP contribution in [0.2, 0.25) is 0 Å². The van der Waals surface area contributed by atoms with E-state index in [0.717, 1.165) is 37.1 Å². The van der Waals surface area contributed by atoms with Crippen molar-refractivity contribution >= 4 is 6.03 Å². The largest absolute Gasteiger partial charge is 0.384 e. The summed E-state index contributed by atoms with van der Waals surface area (Å²) in [6, 6.07) is 7.66. The van der Waals surface area contributed by atoms with Crippen molar-refractivity contribution in [3.63, 3.8) is 0 Å². The lowest BCUT2D eigenvalue weighted by Crippen LogP contribution is -2.43. The highest BCUT2D eigenvalue weighted by molar-refractivity contribution is 5.74. The van der Waals surface area contributed by atoms with Crippen LogP contribution in [0.5, 0.6) is 0 Å². The first-order chi connectivity index (χ1) is 10.2. The number of aliphatic hydroxyl groups is 1. The van der Waals surface area contributed by atoms with Gasteiger partial charge in [0.1, 0.15) is 6.61 Å². The van der Waals surface area contributed by atoms with Crippen LogP contribution < -0.4 is 5.32 Å². The number of hydrogen-bond acceptors (Lipinski definition) is 2. The highest BCUT2D eigenvalue weighted by Gasteiger charge is 2.19. The molecule has 0 radical (unpaired) electrons. The first-order valence-corrected chi connectivity index (χ1v) is 7.41. The van der Waals surface area contributed by atoms with Gasteiger partial charge in [-0.25, -0.2) is 4.79 Å².